The van der Waals surface area contributed by atoms with Crippen molar-refractivity contribution in [3.63, 3.8) is 0 Å². The van der Waals surface area contributed by atoms with E-state index in [2.05, 4.69) is 0 Å². The maximum Gasteiger partial charge on any atom is 0.187 e. The molecule has 0 radical (unpaired) electrons. The number of hydrogen-bond acceptors (Lipinski definition) is 12. The van der Waals surface area contributed by atoms with E-state index in [4.69, 9.17) is 9.47 Å². The molecule has 45 heavy (non-hydrogen) atoms. The highest BCUT2D eigenvalue weighted by atomic mass is 16.7. The Morgan fingerprint density at radius 2 is 1.69 bits per heavy atom. The van der Waals surface area contributed by atoms with Crippen LogP contribution in [0, 0.1) is 28.6 Å². The summed E-state index contributed by atoms with van der Waals surface area (Å²) < 4.78 is 11.4. The van der Waals surface area contributed by atoms with Crippen molar-refractivity contribution in [1.29, 1.82) is 0 Å². The van der Waals surface area contributed by atoms with Gasteiger partial charge in [0.25, 0.3) is 0 Å². The first-order valence-electron chi connectivity index (χ1n) is 16.5. The van der Waals surface area contributed by atoms with Gasteiger partial charge in [0.2, 0.25) is 0 Å². The fourth-order valence-corrected chi connectivity index (χ4v) is 9.81. The van der Waals surface area contributed by atoms with Gasteiger partial charge in [0.05, 0.1) is 41.7 Å². The van der Waals surface area contributed by atoms with Crippen LogP contribution in [0.1, 0.15) is 86.0 Å². The number of allylic oxidation sites excluding steroid dienone is 1. The van der Waals surface area contributed by atoms with Crippen LogP contribution in [0.15, 0.2) is 11.6 Å². The molecule has 3 saturated carbocycles. The molecule has 4 fully saturated rings. The van der Waals surface area contributed by atoms with Crippen molar-refractivity contribution in [3.8, 4) is 0 Å². The fraction of sp³-hybridized carbons (Fsp3) is 0.909. The van der Waals surface area contributed by atoms with Crippen LogP contribution < -0.4 is 0 Å². The molecule has 5 aliphatic rings. The Kier molecular flexibility index (Phi) is 9.28. The van der Waals surface area contributed by atoms with Gasteiger partial charge in [-0.15, -0.1) is 0 Å². The van der Waals surface area contributed by atoms with Gasteiger partial charge in [-0.25, -0.2) is 0 Å². The lowest BCUT2D eigenvalue weighted by molar-refractivity contribution is -0.322. The monoisotopic (exact) mass is 642 g/mol. The van der Waals surface area contributed by atoms with Crippen molar-refractivity contribution >= 4 is 5.78 Å². The Bertz CT molecular complexity index is 1150. The van der Waals surface area contributed by atoms with Crippen molar-refractivity contribution in [2.75, 3.05) is 6.61 Å². The molecule has 0 aromatic heterocycles. The van der Waals surface area contributed by atoms with Crippen LogP contribution in [0.5, 0.6) is 0 Å². The lowest BCUT2D eigenvalue weighted by Gasteiger charge is -2.61. The molecule has 1 saturated heterocycles. The number of ketones is 1. The van der Waals surface area contributed by atoms with Crippen molar-refractivity contribution < 1.29 is 60.2 Å². The summed E-state index contributed by atoms with van der Waals surface area (Å²) >= 11 is 0. The first kappa shape index (κ1) is 35.3. The molecule has 5 rings (SSSR count). The first-order valence-corrected chi connectivity index (χ1v) is 16.5. The molecular formula is C33H54O12. The van der Waals surface area contributed by atoms with Gasteiger partial charge in [-0.1, -0.05) is 13.8 Å². The minimum Gasteiger partial charge on any atom is -0.394 e. The third-order valence-corrected chi connectivity index (χ3v) is 12.7. The molecule has 4 aliphatic carbocycles. The Morgan fingerprint density at radius 1 is 1.02 bits per heavy atom. The minimum atomic E-state index is -1.64. The molecule has 12 heteroatoms. The van der Waals surface area contributed by atoms with Gasteiger partial charge in [0.15, 0.2) is 12.1 Å². The van der Waals surface area contributed by atoms with Gasteiger partial charge in [0.1, 0.15) is 24.4 Å². The van der Waals surface area contributed by atoms with Crippen LogP contribution in [0.4, 0.5) is 0 Å². The van der Waals surface area contributed by atoms with Crippen LogP contribution in [-0.4, -0.2) is 124 Å². The summed E-state index contributed by atoms with van der Waals surface area (Å²) in [7, 11) is 0. The summed E-state index contributed by atoms with van der Waals surface area (Å²) in [5.41, 5.74) is -4.89. The average molecular weight is 643 g/mol. The number of fused-ring (bicyclic) bond motifs is 5. The zero-order valence-corrected chi connectivity index (χ0v) is 27.0. The fourth-order valence-electron chi connectivity index (χ4n) is 9.81. The number of aliphatic hydroxyl groups excluding tert-OH is 6. The van der Waals surface area contributed by atoms with Crippen molar-refractivity contribution in [1.82, 2.24) is 0 Å². The quantitative estimate of drug-likeness (QED) is 0.166. The van der Waals surface area contributed by atoms with E-state index in [9.17, 15) is 50.8 Å². The average Bonchev–Trinajstić information content (AvgIpc) is 3.24. The molecule has 0 aromatic carbocycles. The van der Waals surface area contributed by atoms with Gasteiger partial charge in [-0.2, -0.15) is 0 Å². The Morgan fingerprint density at radius 3 is 2.31 bits per heavy atom. The molecule has 15 atom stereocenters. The van der Waals surface area contributed by atoms with Gasteiger partial charge in [-0.05, 0) is 101 Å². The highest BCUT2D eigenvalue weighted by Crippen LogP contribution is 2.68. The van der Waals surface area contributed by atoms with Crippen LogP contribution in [0.25, 0.3) is 0 Å². The van der Waals surface area contributed by atoms with Crippen molar-refractivity contribution in [2.24, 2.45) is 28.6 Å². The summed E-state index contributed by atoms with van der Waals surface area (Å²) in [4.78, 5) is 13.9. The van der Waals surface area contributed by atoms with E-state index in [0.29, 0.717) is 37.7 Å². The summed E-state index contributed by atoms with van der Waals surface area (Å²) in [6.45, 7) is 8.16. The SMILES string of the molecule is CC(C)(O)CCC(O)C(C)(O)C1CCC2(O)C3=CC(=O)C4CC(OC5OC(CO)C(O)C(O)C5O)C(O)CC4(C)C3CCC12C. The largest absolute Gasteiger partial charge is 0.394 e. The summed E-state index contributed by atoms with van der Waals surface area (Å²) in [6.07, 6.45) is -6.38. The summed E-state index contributed by atoms with van der Waals surface area (Å²) in [6, 6.07) is 0. The zero-order chi connectivity index (χ0) is 33.5. The third-order valence-electron chi connectivity index (χ3n) is 12.7. The highest BCUT2D eigenvalue weighted by Gasteiger charge is 2.69. The van der Waals surface area contributed by atoms with E-state index in [0.717, 1.165) is 0 Å². The molecule has 1 heterocycles. The Labute approximate surface area is 264 Å². The van der Waals surface area contributed by atoms with Crippen LogP contribution in [-0.2, 0) is 14.3 Å². The molecule has 0 aromatic rings. The van der Waals surface area contributed by atoms with Gasteiger partial charge in [0, 0.05) is 11.3 Å². The van der Waals surface area contributed by atoms with E-state index in [1.54, 1.807) is 26.8 Å². The number of carbonyl (C=O) groups excluding carboxylic acids is 1. The predicted octanol–water partition coefficient (Wildman–Crippen LogP) is -0.322. The van der Waals surface area contributed by atoms with Gasteiger partial charge in [-0.3, -0.25) is 4.79 Å². The molecule has 9 N–H and O–H groups in total. The molecular weight excluding hydrogens is 588 g/mol. The normalized spacial score (nSPS) is 48.9. The second-order valence-electron chi connectivity index (χ2n) is 16.0. The number of ether oxygens (including phenoxy) is 2. The van der Waals surface area contributed by atoms with Crippen molar-refractivity contribution in [3.05, 3.63) is 11.6 Å². The van der Waals surface area contributed by atoms with Crippen LogP contribution >= 0.6 is 0 Å². The third kappa shape index (κ3) is 5.65. The number of carbonyl (C=O) groups is 1. The minimum absolute atomic E-state index is 0.103. The van der Waals surface area contributed by atoms with E-state index in [1.807, 2.05) is 13.8 Å². The zero-order valence-electron chi connectivity index (χ0n) is 27.0. The molecule has 258 valence electrons. The van der Waals surface area contributed by atoms with Crippen LogP contribution in [0.3, 0.4) is 0 Å². The number of rotatable bonds is 8. The second kappa shape index (κ2) is 11.8. The standard InChI is InChI=1S/C33H54O12/c1-29(2,41)9-8-24(37)32(5,42)23-7-11-33(43)17-12-19(35)18-13-21(44-28-27(40)26(39)25(38)22(15-34)45-28)20(36)14-30(18,3)16(17)6-10-31(23,33)4/h12,16,18,20-28,34,36-43H,6-11,13-15H2,1-5H3. The van der Waals surface area contributed by atoms with E-state index >= 15 is 0 Å². The Hall–Kier alpha value is -1.03. The lowest BCUT2D eigenvalue weighted by atomic mass is 9.45. The Balaban J connectivity index is 1.37. The maximum atomic E-state index is 13.9. The maximum absolute atomic E-state index is 13.9. The van der Waals surface area contributed by atoms with Gasteiger partial charge < -0.3 is 55.4 Å². The highest BCUT2D eigenvalue weighted by molar-refractivity contribution is 5.95. The van der Waals surface area contributed by atoms with E-state index < -0.39 is 95.1 Å². The number of hydrogen-bond donors (Lipinski definition) is 9. The van der Waals surface area contributed by atoms with Crippen LogP contribution in [0.2, 0.25) is 0 Å². The summed E-state index contributed by atoms with van der Waals surface area (Å²) in [5.74, 6) is -1.48. The van der Waals surface area contributed by atoms with E-state index in [-0.39, 0.29) is 31.0 Å². The molecule has 0 amide bonds. The topological polar surface area (TPSA) is 218 Å². The summed E-state index contributed by atoms with van der Waals surface area (Å²) in [5, 5.41) is 97.1. The smallest absolute Gasteiger partial charge is 0.187 e. The molecule has 0 bridgehead atoms. The molecule has 1 aliphatic heterocycles. The molecule has 12 nitrogen and oxygen atoms in total. The molecule has 15 unspecified atom stereocenters. The molecule has 0 spiro atoms. The number of aliphatic hydroxyl groups is 9. The first-order chi connectivity index (χ1) is 20.7. The van der Waals surface area contributed by atoms with E-state index in [1.165, 1.54) is 0 Å². The van der Waals surface area contributed by atoms with Gasteiger partial charge >= 0.3 is 0 Å². The predicted molar refractivity (Wildman–Crippen MR) is 159 cm³/mol. The van der Waals surface area contributed by atoms with Crippen molar-refractivity contribution in [2.45, 2.75) is 152 Å². The second-order valence-corrected chi connectivity index (χ2v) is 16.0. The lowest BCUT2D eigenvalue weighted by Crippen LogP contribution is -2.64.